The van der Waals surface area contributed by atoms with Gasteiger partial charge < -0.3 is 35.0 Å². The van der Waals surface area contributed by atoms with Gasteiger partial charge in [0, 0.05) is 7.11 Å². The minimum atomic E-state index is -1.94. The number of hydrogen-bond acceptors (Lipinski definition) is 8. The van der Waals surface area contributed by atoms with Crippen molar-refractivity contribution in [1.82, 2.24) is 0 Å². The number of phenolic OH excluding ortho intramolecular Hbond substituents is 1. The number of aromatic hydroxyl groups is 1. The summed E-state index contributed by atoms with van der Waals surface area (Å²) in [5.74, 6) is -2.93. The largest absolute Gasteiger partial charge is 0.508 e. The second kappa shape index (κ2) is 11.7. The molecule has 0 aliphatic rings. The molecule has 1 aromatic carbocycles. The molecular formula is C20H30O9. The van der Waals surface area contributed by atoms with Gasteiger partial charge in [-0.25, -0.2) is 4.79 Å². The Kier molecular flexibility index (Phi) is 10.0. The predicted octanol–water partition coefficient (Wildman–Crippen LogP) is 0.985. The molecule has 1 aromatic rings. The van der Waals surface area contributed by atoms with Gasteiger partial charge in [0.05, 0.1) is 24.7 Å². The molecule has 0 heterocycles. The van der Waals surface area contributed by atoms with Crippen molar-refractivity contribution in [3.05, 3.63) is 29.8 Å². The maximum atomic E-state index is 12.0. The molecule has 0 bridgehead atoms. The average Bonchev–Trinajstić information content (AvgIpc) is 2.65. The van der Waals surface area contributed by atoms with E-state index in [0.29, 0.717) is 12.8 Å². The quantitative estimate of drug-likeness (QED) is 0.315. The van der Waals surface area contributed by atoms with E-state index in [1.54, 1.807) is 25.1 Å². The number of carbonyl (C=O) groups excluding carboxylic acids is 1. The van der Waals surface area contributed by atoms with Crippen molar-refractivity contribution in [3.63, 3.8) is 0 Å². The third-order valence-corrected chi connectivity index (χ3v) is 4.74. The number of esters is 1. The molecular weight excluding hydrogens is 384 g/mol. The summed E-state index contributed by atoms with van der Waals surface area (Å²) in [6.45, 7) is 2.93. The number of carbonyl (C=O) groups is 2. The van der Waals surface area contributed by atoms with Gasteiger partial charge in [-0.3, -0.25) is 4.79 Å². The van der Waals surface area contributed by atoms with Gasteiger partial charge in [-0.1, -0.05) is 19.1 Å². The van der Waals surface area contributed by atoms with Crippen molar-refractivity contribution >= 4 is 11.9 Å². The monoisotopic (exact) mass is 414 g/mol. The van der Waals surface area contributed by atoms with Crippen molar-refractivity contribution in [1.29, 1.82) is 0 Å². The van der Waals surface area contributed by atoms with Crippen LogP contribution in [0.2, 0.25) is 0 Å². The molecule has 164 valence electrons. The Morgan fingerprint density at radius 3 is 2.28 bits per heavy atom. The van der Waals surface area contributed by atoms with Crippen LogP contribution in [-0.4, -0.2) is 69.0 Å². The number of rotatable bonds is 12. The Labute approximate surface area is 169 Å². The number of aliphatic hydroxyl groups is 3. The minimum Gasteiger partial charge on any atom is -0.508 e. The number of benzene rings is 1. The lowest BCUT2D eigenvalue weighted by Gasteiger charge is -2.28. The Morgan fingerprint density at radius 1 is 1.10 bits per heavy atom. The van der Waals surface area contributed by atoms with Crippen LogP contribution < -0.4 is 0 Å². The standard InChI is InChI=1S/C20H30O9/c1-11(7-8-16(28-3)13-5-4-6-14(22)9-13)19(18(25)20(26)27)29-17(24)10-15(23)12(2)21/h4-6,9,11-12,15-16,18-19,21-23,25H,7-8,10H2,1-3H3,(H,26,27)/t11-,12+,15+,16-,18+,19+/m0/s1. The highest BCUT2D eigenvalue weighted by molar-refractivity contribution is 5.75. The van der Waals surface area contributed by atoms with Gasteiger partial charge in [-0.2, -0.15) is 0 Å². The zero-order valence-corrected chi connectivity index (χ0v) is 16.8. The highest BCUT2D eigenvalue weighted by Gasteiger charge is 2.35. The van der Waals surface area contributed by atoms with Gasteiger partial charge in [0.25, 0.3) is 0 Å². The lowest BCUT2D eigenvalue weighted by atomic mass is 9.91. The molecule has 0 radical (unpaired) electrons. The number of carboxylic acids is 1. The van der Waals surface area contributed by atoms with E-state index in [1.165, 1.54) is 20.1 Å². The maximum Gasteiger partial charge on any atom is 0.336 e. The fraction of sp³-hybridized carbons (Fsp3) is 0.600. The molecule has 0 aliphatic carbocycles. The fourth-order valence-electron chi connectivity index (χ4n) is 2.90. The van der Waals surface area contributed by atoms with Gasteiger partial charge in [0.1, 0.15) is 11.9 Å². The van der Waals surface area contributed by atoms with E-state index in [9.17, 15) is 30.0 Å². The number of methoxy groups -OCH3 is 1. The SMILES string of the molecule is CO[C@@H](CC[C@H](C)[C@@H](OC(=O)C[C@@H](O)[C@@H](C)O)[C@@H](O)C(=O)O)c1cccc(O)c1. The van der Waals surface area contributed by atoms with Gasteiger partial charge in [-0.05, 0) is 43.4 Å². The average molecular weight is 414 g/mol. The first-order valence-electron chi connectivity index (χ1n) is 9.35. The van der Waals surface area contributed by atoms with Crippen LogP contribution in [0.1, 0.15) is 44.8 Å². The minimum absolute atomic E-state index is 0.0855. The Hall–Kier alpha value is -2.20. The Balaban J connectivity index is 2.81. The third-order valence-electron chi connectivity index (χ3n) is 4.74. The molecule has 0 spiro atoms. The molecule has 0 aromatic heterocycles. The second-order valence-electron chi connectivity index (χ2n) is 7.12. The summed E-state index contributed by atoms with van der Waals surface area (Å²) in [7, 11) is 1.50. The zero-order valence-electron chi connectivity index (χ0n) is 16.8. The highest BCUT2D eigenvalue weighted by Crippen LogP contribution is 2.28. The molecule has 0 fully saturated rings. The number of aliphatic hydroxyl groups excluding tert-OH is 3. The van der Waals surface area contributed by atoms with E-state index < -0.39 is 48.7 Å². The van der Waals surface area contributed by atoms with E-state index >= 15 is 0 Å². The summed E-state index contributed by atoms with van der Waals surface area (Å²) in [5.41, 5.74) is 0.729. The first-order chi connectivity index (χ1) is 13.6. The molecule has 0 unspecified atom stereocenters. The van der Waals surface area contributed by atoms with Crippen LogP contribution in [0.3, 0.4) is 0 Å². The van der Waals surface area contributed by atoms with Crippen molar-refractivity contribution in [3.8, 4) is 5.75 Å². The van der Waals surface area contributed by atoms with E-state index in [4.69, 9.17) is 14.6 Å². The predicted molar refractivity (Wildman–Crippen MR) is 102 cm³/mol. The van der Waals surface area contributed by atoms with Crippen LogP contribution >= 0.6 is 0 Å². The first-order valence-corrected chi connectivity index (χ1v) is 9.35. The van der Waals surface area contributed by atoms with Crippen LogP contribution in [-0.2, 0) is 19.1 Å². The second-order valence-corrected chi connectivity index (χ2v) is 7.12. The lowest BCUT2D eigenvalue weighted by molar-refractivity contribution is -0.172. The number of phenols is 1. The molecule has 0 amide bonds. The van der Waals surface area contributed by atoms with Crippen LogP contribution in [0.25, 0.3) is 0 Å². The lowest BCUT2D eigenvalue weighted by Crippen LogP contribution is -2.42. The van der Waals surface area contributed by atoms with Gasteiger partial charge in [0.2, 0.25) is 0 Å². The molecule has 9 heteroatoms. The summed E-state index contributed by atoms with van der Waals surface area (Å²) in [6.07, 6.45) is -5.97. The van der Waals surface area contributed by atoms with Crippen molar-refractivity contribution in [2.45, 2.75) is 63.6 Å². The fourth-order valence-corrected chi connectivity index (χ4v) is 2.90. The highest BCUT2D eigenvalue weighted by atomic mass is 16.6. The summed E-state index contributed by atoms with van der Waals surface area (Å²) in [4.78, 5) is 23.2. The van der Waals surface area contributed by atoms with Crippen LogP contribution in [0.15, 0.2) is 24.3 Å². The molecule has 9 nitrogen and oxygen atoms in total. The number of carboxylic acid groups (broad SMARTS) is 1. The number of aliphatic carboxylic acids is 1. The number of hydrogen-bond donors (Lipinski definition) is 5. The van der Waals surface area contributed by atoms with Crippen molar-refractivity contribution in [2.24, 2.45) is 5.92 Å². The smallest absolute Gasteiger partial charge is 0.336 e. The van der Waals surface area contributed by atoms with Gasteiger partial charge >= 0.3 is 11.9 Å². The maximum absolute atomic E-state index is 12.0. The topological polar surface area (TPSA) is 154 Å². The Morgan fingerprint density at radius 2 is 1.76 bits per heavy atom. The number of ether oxygens (including phenoxy) is 2. The first kappa shape index (κ1) is 24.8. The third kappa shape index (κ3) is 7.98. The van der Waals surface area contributed by atoms with E-state index in [1.807, 2.05) is 0 Å². The summed E-state index contributed by atoms with van der Waals surface area (Å²) >= 11 is 0. The molecule has 0 saturated heterocycles. The van der Waals surface area contributed by atoms with Gasteiger partial charge in [-0.15, -0.1) is 0 Å². The van der Waals surface area contributed by atoms with E-state index in [2.05, 4.69) is 0 Å². The molecule has 0 aliphatic heterocycles. The summed E-state index contributed by atoms with van der Waals surface area (Å²) in [6, 6.07) is 6.53. The molecule has 29 heavy (non-hydrogen) atoms. The van der Waals surface area contributed by atoms with Gasteiger partial charge in [0.15, 0.2) is 6.10 Å². The zero-order chi connectivity index (χ0) is 22.1. The molecule has 5 N–H and O–H groups in total. The summed E-state index contributed by atoms with van der Waals surface area (Å²) in [5, 5.41) is 47.6. The van der Waals surface area contributed by atoms with Crippen molar-refractivity contribution in [2.75, 3.05) is 7.11 Å². The molecule has 1 rings (SSSR count). The van der Waals surface area contributed by atoms with E-state index in [-0.39, 0.29) is 11.9 Å². The van der Waals surface area contributed by atoms with Crippen LogP contribution in [0, 0.1) is 5.92 Å². The summed E-state index contributed by atoms with van der Waals surface area (Å²) < 4.78 is 10.6. The van der Waals surface area contributed by atoms with Crippen molar-refractivity contribution < 1.29 is 44.6 Å². The van der Waals surface area contributed by atoms with E-state index in [0.717, 1.165) is 5.56 Å². The molecule has 0 saturated carbocycles. The Bertz CT molecular complexity index is 661. The molecule has 6 atom stereocenters. The van der Waals surface area contributed by atoms with Crippen LogP contribution in [0.5, 0.6) is 5.75 Å². The normalized spacial score (nSPS) is 17.6. The van der Waals surface area contributed by atoms with Crippen LogP contribution in [0.4, 0.5) is 0 Å².